The van der Waals surface area contributed by atoms with Gasteiger partial charge in [0.05, 0.1) is 0 Å². The largest absolute Gasteiger partial charge is 0.385 e. The predicted molar refractivity (Wildman–Crippen MR) is 107 cm³/mol. The number of guanidine groups is 1. The van der Waals surface area contributed by atoms with Crippen LogP contribution >= 0.6 is 0 Å². The zero-order chi connectivity index (χ0) is 18.3. The van der Waals surface area contributed by atoms with Gasteiger partial charge in [-0.15, -0.1) is 0 Å². The van der Waals surface area contributed by atoms with E-state index in [9.17, 15) is 0 Å². The molecule has 1 heterocycles. The Morgan fingerprint density at radius 3 is 2.60 bits per heavy atom. The zero-order valence-electron chi connectivity index (χ0n) is 17.0. The Hall–Kier alpha value is -0.850. The molecule has 1 saturated heterocycles. The molecule has 6 nitrogen and oxygen atoms in total. The minimum Gasteiger partial charge on any atom is -0.385 e. The molecule has 6 heteroatoms. The third-order valence-electron chi connectivity index (χ3n) is 4.77. The molecule has 1 aliphatic rings. The molecule has 1 fully saturated rings. The molecule has 0 atom stereocenters. The smallest absolute Gasteiger partial charge is 0.191 e. The van der Waals surface area contributed by atoms with E-state index in [4.69, 9.17) is 9.73 Å². The number of methoxy groups -OCH3 is 1. The summed E-state index contributed by atoms with van der Waals surface area (Å²) < 4.78 is 5.10. The number of aliphatic imine (C=N–C) groups is 1. The molecule has 148 valence electrons. The van der Waals surface area contributed by atoms with Gasteiger partial charge in [0.25, 0.3) is 0 Å². The third kappa shape index (κ3) is 10.7. The maximum atomic E-state index is 5.10. The molecule has 0 saturated carbocycles. The van der Waals surface area contributed by atoms with Crippen LogP contribution in [0.4, 0.5) is 0 Å². The first kappa shape index (κ1) is 22.2. The van der Waals surface area contributed by atoms with Crippen molar-refractivity contribution in [3.63, 3.8) is 0 Å². The summed E-state index contributed by atoms with van der Waals surface area (Å²) in [4.78, 5) is 9.74. The van der Waals surface area contributed by atoms with Crippen molar-refractivity contribution < 1.29 is 4.74 Å². The van der Waals surface area contributed by atoms with Crippen LogP contribution in [-0.4, -0.2) is 88.9 Å². The lowest BCUT2D eigenvalue weighted by Gasteiger charge is -2.31. The normalized spacial score (nSPS) is 17.2. The lowest BCUT2D eigenvalue weighted by Crippen LogP contribution is -2.41. The fraction of sp³-hybridized carbons (Fsp3) is 0.947. The van der Waals surface area contributed by atoms with Gasteiger partial charge in [0.15, 0.2) is 5.96 Å². The average molecular weight is 356 g/mol. The van der Waals surface area contributed by atoms with Crippen LogP contribution in [0.1, 0.15) is 39.5 Å². The van der Waals surface area contributed by atoms with Crippen molar-refractivity contribution >= 4 is 5.96 Å². The SMILES string of the molecule is CCCN1CCC(CN=C(NCC)NCCN(C)CCCOC)CC1. The molecular formula is C19H41N5O. The third-order valence-corrected chi connectivity index (χ3v) is 4.77. The summed E-state index contributed by atoms with van der Waals surface area (Å²) in [7, 11) is 3.92. The topological polar surface area (TPSA) is 52.1 Å². The number of likely N-dealkylation sites (N-methyl/N-ethyl adjacent to an activating group) is 1. The highest BCUT2D eigenvalue weighted by atomic mass is 16.5. The van der Waals surface area contributed by atoms with Crippen LogP contribution in [0.2, 0.25) is 0 Å². The first-order chi connectivity index (χ1) is 12.2. The first-order valence-corrected chi connectivity index (χ1v) is 10.1. The lowest BCUT2D eigenvalue weighted by molar-refractivity contribution is 0.180. The number of rotatable bonds is 12. The van der Waals surface area contributed by atoms with Crippen LogP contribution in [-0.2, 0) is 4.74 Å². The second-order valence-electron chi connectivity index (χ2n) is 7.08. The Labute approximate surface area is 155 Å². The predicted octanol–water partition coefficient (Wildman–Crippen LogP) is 1.63. The number of nitrogens with zero attached hydrogens (tertiary/aromatic N) is 3. The highest BCUT2D eigenvalue weighted by Crippen LogP contribution is 2.17. The standard InChI is InChI=1S/C19H41N5O/c1-5-11-24-13-8-18(9-14-24)17-22-19(20-6-2)21-10-15-23(3)12-7-16-25-4/h18H,5-17H2,1-4H3,(H2,20,21,22). The lowest BCUT2D eigenvalue weighted by atomic mass is 9.97. The van der Waals surface area contributed by atoms with Crippen molar-refractivity contribution in [2.24, 2.45) is 10.9 Å². The second kappa shape index (κ2) is 14.3. The van der Waals surface area contributed by atoms with E-state index in [0.29, 0.717) is 0 Å². The number of likely N-dealkylation sites (tertiary alicyclic amines) is 1. The van der Waals surface area contributed by atoms with Gasteiger partial charge in [-0.2, -0.15) is 0 Å². The fourth-order valence-electron chi connectivity index (χ4n) is 3.23. The van der Waals surface area contributed by atoms with Crippen LogP contribution in [0.3, 0.4) is 0 Å². The number of nitrogens with one attached hydrogen (secondary N) is 2. The van der Waals surface area contributed by atoms with Gasteiger partial charge in [-0.05, 0) is 65.2 Å². The van der Waals surface area contributed by atoms with Crippen molar-refractivity contribution in [1.29, 1.82) is 0 Å². The monoisotopic (exact) mass is 355 g/mol. The Kier molecular flexibility index (Phi) is 12.7. The van der Waals surface area contributed by atoms with Gasteiger partial charge in [-0.25, -0.2) is 0 Å². The molecule has 2 N–H and O–H groups in total. The van der Waals surface area contributed by atoms with Gasteiger partial charge >= 0.3 is 0 Å². The molecule has 0 radical (unpaired) electrons. The molecule has 0 amide bonds. The van der Waals surface area contributed by atoms with Gasteiger partial charge < -0.3 is 25.2 Å². The molecule has 1 aliphatic heterocycles. The molecule has 25 heavy (non-hydrogen) atoms. The Morgan fingerprint density at radius 1 is 1.20 bits per heavy atom. The zero-order valence-corrected chi connectivity index (χ0v) is 17.0. The van der Waals surface area contributed by atoms with E-state index in [-0.39, 0.29) is 0 Å². The Balaban J connectivity index is 2.25. The molecule has 0 aromatic rings. The summed E-state index contributed by atoms with van der Waals surface area (Å²) in [6.45, 7) is 13.8. The van der Waals surface area contributed by atoms with Gasteiger partial charge in [0.1, 0.15) is 0 Å². The summed E-state index contributed by atoms with van der Waals surface area (Å²) in [5.41, 5.74) is 0. The van der Waals surface area contributed by atoms with Gasteiger partial charge in [0.2, 0.25) is 0 Å². The summed E-state index contributed by atoms with van der Waals surface area (Å²) in [6.07, 6.45) is 4.91. The molecule has 0 unspecified atom stereocenters. The minimum atomic E-state index is 0.736. The first-order valence-electron chi connectivity index (χ1n) is 10.1. The Morgan fingerprint density at radius 2 is 1.96 bits per heavy atom. The van der Waals surface area contributed by atoms with Crippen LogP contribution < -0.4 is 10.6 Å². The highest BCUT2D eigenvalue weighted by Gasteiger charge is 2.18. The van der Waals surface area contributed by atoms with Crippen molar-refractivity contribution in [3.8, 4) is 0 Å². The van der Waals surface area contributed by atoms with E-state index < -0.39 is 0 Å². The van der Waals surface area contributed by atoms with Gasteiger partial charge in [-0.1, -0.05) is 6.92 Å². The number of hydrogen-bond acceptors (Lipinski definition) is 4. The van der Waals surface area contributed by atoms with E-state index in [2.05, 4.69) is 41.3 Å². The van der Waals surface area contributed by atoms with E-state index in [1.54, 1.807) is 7.11 Å². The summed E-state index contributed by atoms with van der Waals surface area (Å²) in [6, 6.07) is 0. The molecule has 0 aliphatic carbocycles. The van der Waals surface area contributed by atoms with Crippen molar-refractivity contribution in [3.05, 3.63) is 0 Å². The van der Waals surface area contributed by atoms with Crippen LogP contribution in [0.15, 0.2) is 4.99 Å². The average Bonchev–Trinajstić information content (AvgIpc) is 2.61. The maximum absolute atomic E-state index is 5.10. The van der Waals surface area contributed by atoms with Crippen LogP contribution in [0.25, 0.3) is 0 Å². The number of hydrogen-bond donors (Lipinski definition) is 2. The molecule has 0 aromatic carbocycles. The highest BCUT2D eigenvalue weighted by molar-refractivity contribution is 5.79. The van der Waals surface area contributed by atoms with Crippen molar-refractivity contribution in [1.82, 2.24) is 20.4 Å². The maximum Gasteiger partial charge on any atom is 0.191 e. The molecule has 0 aromatic heterocycles. The molecule has 0 spiro atoms. The van der Waals surface area contributed by atoms with Crippen molar-refractivity contribution in [2.75, 3.05) is 73.1 Å². The van der Waals surface area contributed by atoms with Gasteiger partial charge in [0, 0.05) is 46.4 Å². The fourth-order valence-corrected chi connectivity index (χ4v) is 3.23. The van der Waals surface area contributed by atoms with E-state index in [0.717, 1.165) is 57.6 Å². The second-order valence-corrected chi connectivity index (χ2v) is 7.08. The van der Waals surface area contributed by atoms with E-state index in [1.807, 2.05) is 0 Å². The summed E-state index contributed by atoms with van der Waals surface area (Å²) >= 11 is 0. The van der Waals surface area contributed by atoms with E-state index >= 15 is 0 Å². The quantitative estimate of drug-likeness (QED) is 0.317. The van der Waals surface area contributed by atoms with Crippen molar-refractivity contribution in [2.45, 2.75) is 39.5 Å². The van der Waals surface area contributed by atoms with Gasteiger partial charge in [-0.3, -0.25) is 4.99 Å². The minimum absolute atomic E-state index is 0.736. The Bertz CT molecular complexity index is 343. The molecule has 0 bridgehead atoms. The van der Waals surface area contributed by atoms with E-state index in [1.165, 1.54) is 38.9 Å². The molecular weight excluding hydrogens is 314 g/mol. The number of ether oxygens (including phenoxy) is 1. The van der Waals surface area contributed by atoms with Crippen LogP contribution in [0, 0.1) is 5.92 Å². The molecule has 1 rings (SSSR count). The summed E-state index contributed by atoms with van der Waals surface area (Å²) in [5.74, 6) is 1.70. The summed E-state index contributed by atoms with van der Waals surface area (Å²) in [5, 5.41) is 6.83. The number of piperidine rings is 1. The van der Waals surface area contributed by atoms with Crippen LogP contribution in [0.5, 0.6) is 0 Å².